The Morgan fingerprint density at radius 1 is 1.10 bits per heavy atom. The van der Waals surface area contributed by atoms with Gasteiger partial charge in [0.05, 0.1) is 0 Å². The molecule has 3 heteroatoms. The van der Waals surface area contributed by atoms with Crippen molar-refractivity contribution >= 4 is 11.6 Å². The van der Waals surface area contributed by atoms with E-state index in [0.717, 1.165) is 31.0 Å². The lowest BCUT2D eigenvalue weighted by atomic mass is 10.1. The number of rotatable bonds is 6. The van der Waals surface area contributed by atoms with E-state index < -0.39 is 0 Å². The summed E-state index contributed by atoms with van der Waals surface area (Å²) in [7, 11) is 0. The fraction of sp³-hybridized carbons (Fsp3) is 0.294. The van der Waals surface area contributed by atoms with Gasteiger partial charge in [-0.1, -0.05) is 36.2 Å². The number of hydrogen-bond donors (Lipinski definition) is 1. The minimum atomic E-state index is 0.714. The molecule has 0 saturated heterocycles. The van der Waals surface area contributed by atoms with E-state index in [1.807, 2.05) is 30.3 Å². The summed E-state index contributed by atoms with van der Waals surface area (Å²) in [4.78, 5) is 0. The van der Waals surface area contributed by atoms with Crippen LogP contribution in [-0.4, -0.2) is 6.54 Å². The molecule has 0 bridgehead atoms. The molecule has 0 aliphatic carbocycles. The van der Waals surface area contributed by atoms with E-state index in [0.29, 0.717) is 5.02 Å². The molecule has 106 valence electrons. The van der Waals surface area contributed by atoms with Crippen LogP contribution in [0, 0.1) is 6.92 Å². The van der Waals surface area contributed by atoms with E-state index in [1.165, 1.54) is 11.1 Å². The Labute approximate surface area is 125 Å². The highest BCUT2D eigenvalue weighted by atomic mass is 35.5. The summed E-state index contributed by atoms with van der Waals surface area (Å²) < 4.78 is 5.95. The molecular formula is C17H20ClNO. The maximum absolute atomic E-state index is 5.95. The molecule has 0 saturated carbocycles. The molecule has 0 spiro atoms. The zero-order chi connectivity index (χ0) is 14.4. The Morgan fingerprint density at radius 3 is 2.55 bits per heavy atom. The molecule has 0 heterocycles. The van der Waals surface area contributed by atoms with Crippen molar-refractivity contribution in [2.75, 3.05) is 6.54 Å². The van der Waals surface area contributed by atoms with Crippen molar-refractivity contribution in [3.63, 3.8) is 0 Å². The summed E-state index contributed by atoms with van der Waals surface area (Å²) >= 11 is 5.89. The average Bonchev–Trinajstić information content (AvgIpc) is 2.44. The molecular weight excluding hydrogens is 270 g/mol. The van der Waals surface area contributed by atoms with Crippen LogP contribution in [0.4, 0.5) is 0 Å². The van der Waals surface area contributed by atoms with E-state index in [2.05, 4.69) is 31.3 Å². The van der Waals surface area contributed by atoms with Gasteiger partial charge in [-0.25, -0.2) is 0 Å². The normalized spacial score (nSPS) is 10.6. The molecule has 0 amide bonds. The quantitative estimate of drug-likeness (QED) is 0.761. The van der Waals surface area contributed by atoms with Crippen LogP contribution in [0.2, 0.25) is 5.02 Å². The van der Waals surface area contributed by atoms with Crippen molar-refractivity contribution in [2.45, 2.75) is 26.8 Å². The second kappa shape index (κ2) is 7.32. The maximum atomic E-state index is 5.95. The standard InChI is InChI=1S/C17H20ClNO/c1-3-10-19-12-14-11-13(2)4-9-17(14)20-16-7-5-15(18)6-8-16/h4-9,11,19H,3,10,12H2,1-2H3. The van der Waals surface area contributed by atoms with Crippen LogP contribution in [0.5, 0.6) is 11.5 Å². The molecule has 20 heavy (non-hydrogen) atoms. The van der Waals surface area contributed by atoms with Crippen LogP contribution < -0.4 is 10.1 Å². The third-order valence-corrected chi connectivity index (χ3v) is 3.25. The van der Waals surface area contributed by atoms with Crippen LogP contribution in [0.3, 0.4) is 0 Å². The summed E-state index contributed by atoms with van der Waals surface area (Å²) in [5, 5.41) is 4.13. The molecule has 0 aromatic heterocycles. The molecule has 0 aliphatic heterocycles. The molecule has 0 radical (unpaired) electrons. The molecule has 2 aromatic rings. The molecule has 0 fully saturated rings. The summed E-state index contributed by atoms with van der Waals surface area (Å²) in [6.07, 6.45) is 1.12. The Balaban J connectivity index is 2.15. The lowest BCUT2D eigenvalue weighted by molar-refractivity contribution is 0.472. The molecule has 0 aliphatic rings. The van der Waals surface area contributed by atoms with Gasteiger partial charge >= 0.3 is 0 Å². The van der Waals surface area contributed by atoms with Crippen LogP contribution >= 0.6 is 11.6 Å². The van der Waals surface area contributed by atoms with Crippen molar-refractivity contribution in [1.82, 2.24) is 5.32 Å². The first-order valence-electron chi connectivity index (χ1n) is 6.92. The van der Waals surface area contributed by atoms with E-state index in [-0.39, 0.29) is 0 Å². The number of benzene rings is 2. The molecule has 2 rings (SSSR count). The fourth-order valence-electron chi connectivity index (χ4n) is 1.98. The maximum Gasteiger partial charge on any atom is 0.131 e. The second-order valence-electron chi connectivity index (χ2n) is 4.84. The highest BCUT2D eigenvalue weighted by Crippen LogP contribution is 2.27. The van der Waals surface area contributed by atoms with E-state index >= 15 is 0 Å². The zero-order valence-electron chi connectivity index (χ0n) is 11.9. The Hall–Kier alpha value is -1.51. The van der Waals surface area contributed by atoms with Crippen molar-refractivity contribution < 1.29 is 4.74 Å². The number of hydrogen-bond acceptors (Lipinski definition) is 2. The Bertz CT molecular complexity index is 551. The predicted octanol–water partition coefficient (Wildman–Crippen LogP) is 4.94. The van der Waals surface area contributed by atoms with Gasteiger partial charge in [0.1, 0.15) is 11.5 Å². The molecule has 0 unspecified atom stereocenters. The topological polar surface area (TPSA) is 21.3 Å². The predicted molar refractivity (Wildman–Crippen MR) is 84.7 cm³/mol. The minimum Gasteiger partial charge on any atom is -0.457 e. The van der Waals surface area contributed by atoms with Gasteiger partial charge in [-0.3, -0.25) is 0 Å². The summed E-state index contributed by atoms with van der Waals surface area (Å²) in [5.74, 6) is 1.69. The number of nitrogens with one attached hydrogen (secondary N) is 1. The second-order valence-corrected chi connectivity index (χ2v) is 5.28. The van der Waals surface area contributed by atoms with E-state index in [4.69, 9.17) is 16.3 Å². The zero-order valence-corrected chi connectivity index (χ0v) is 12.7. The van der Waals surface area contributed by atoms with Crippen LogP contribution in [0.1, 0.15) is 24.5 Å². The highest BCUT2D eigenvalue weighted by molar-refractivity contribution is 6.30. The minimum absolute atomic E-state index is 0.714. The summed E-state index contributed by atoms with van der Waals surface area (Å²) in [6, 6.07) is 13.7. The van der Waals surface area contributed by atoms with Crippen molar-refractivity contribution in [3.8, 4) is 11.5 Å². The Kier molecular flexibility index (Phi) is 5.45. The van der Waals surface area contributed by atoms with Gasteiger partial charge in [0.25, 0.3) is 0 Å². The first-order valence-corrected chi connectivity index (χ1v) is 7.30. The average molecular weight is 290 g/mol. The van der Waals surface area contributed by atoms with Crippen LogP contribution in [0.25, 0.3) is 0 Å². The first-order chi connectivity index (χ1) is 9.69. The van der Waals surface area contributed by atoms with E-state index in [1.54, 1.807) is 0 Å². The molecule has 2 aromatic carbocycles. The number of halogens is 1. The molecule has 1 N–H and O–H groups in total. The van der Waals surface area contributed by atoms with Gasteiger partial charge in [-0.2, -0.15) is 0 Å². The third-order valence-electron chi connectivity index (χ3n) is 3.00. The fourth-order valence-corrected chi connectivity index (χ4v) is 2.10. The van der Waals surface area contributed by atoms with Crippen LogP contribution in [-0.2, 0) is 6.54 Å². The highest BCUT2D eigenvalue weighted by Gasteiger charge is 2.05. The monoisotopic (exact) mass is 289 g/mol. The summed E-state index contributed by atoms with van der Waals surface area (Å²) in [5.41, 5.74) is 2.41. The third kappa shape index (κ3) is 4.26. The number of aryl methyl sites for hydroxylation is 1. The molecule has 0 atom stereocenters. The largest absolute Gasteiger partial charge is 0.457 e. The first kappa shape index (κ1) is 14.9. The van der Waals surface area contributed by atoms with Gasteiger partial charge in [0, 0.05) is 17.1 Å². The van der Waals surface area contributed by atoms with Gasteiger partial charge < -0.3 is 10.1 Å². The summed E-state index contributed by atoms with van der Waals surface area (Å²) in [6.45, 7) is 6.08. The molecule has 2 nitrogen and oxygen atoms in total. The van der Waals surface area contributed by atoms with Gasteiger partial charge in [-0.05, 0) is 50.2 Å². The van der Waals surface area contributed by atoms with Gasteiger partial charge in [0.15, 0.2) is 0 Å². The Morgan fingerprint density at radius 2 is 1.85 bits per heavy atom. The van der Waals surface area contributed by atoms with Gasteiger partial charge in [-0.15, -0.1) is 0 Å². The number of ether oxygens (including phenoxy) is 1. The van der Waals surface area contributed by atoms with Crippen molar-refractivity contribution in [3.05, 3.63) is 58.6 Å². The van der Waals surface area contributed by atoms with Gasteiger partial charge in [0.2, 0.25) is 0 Å². The lowest BCUT2D eigenvalue weighted by Gasteiger charge is -2.13. The smallest absolute Gasteiger partial charge is 0.131 e. The van der Waals surface area contributed by atoms with Crippen molar-refractivity contribution in [2.24, 2.45) is 0 Å². The SMILES string of the molecule is CCCNCc1cc(C)ccc1Oc1ccc(Cl)cc1. The van der Waals surface area contributed by atoms with Crippen LogP contribution in [0.15, 0.2) is 42.5 Å². The van der Waals surface area contributed by atoms with E-state index in [9.17, 15) is 0 Å². The van der Waals surface area contributed by atoms with Crippen molar-refractivity contribution in [1.29, 1.82) is 0 Å². The lowest BCUT2D eigenvalue weighted by Crippen LogP contribution is -2.14.